The van der Waals surface area contributed by atoms with Crippen LogP contribution in [-0.4, -0.2) is 6.04 Å². The number of rotatable bonds is 3. The molecule has 3 heteroatoms. The molecule has 1 aliphatic heterocycles. The zero-order chi connectivity index (χ0) is 23.4. The minimum atomic E-state index is 0.207. The Morgan fingerprint density at radius 1 is 0.706 bits per heavy atom. The Morgan fingerprint density at radius 3 is 2.18 bits per heavy atom. The summed E-state index contributed by atoms with van der Waals surface area (Å²) in [6.45, 7) is 9.09. The summed E-state index contributed by atoms with van der Waals surface area (Å²) < 4.78 is 6.56. The smallest absolute Gasteiger partial charge is 0.159 e. The van der Waals surface area contributed by atoms with E-state index in [9.17, 15) is 0 Å². The Balaban J connectivity index is 1.61. The molecule has 4 aromatic carbocycles. The maximum absolute atomic E-state index is 6.56. The highest BCUT2D eigenvalue weighted by molar-refractivity contribution is 8.00. The van der Waals surface area contributed by atoms with Crippen LogP contribution in [0.5, 0.6) is 0 Å². The lowest BCUT2D eigenvalue weighted by atomic mass is 9.98. The van der Waals surface area contributed by atoms with E-state index in [1.54, 1.807) is 0 Å². The van der Waals surface area contributed by atoms with Crippen LogP contribution in [0.4, 0.5) is 5.69 Å². The number of thioether (sulfide) groups is 1. The molecule has 34 heavy (non-hydrogen) atoms. The number of benzene rings is 4. The van der Waals surface area contributed by atoms with Crippen molar-refractivity contribution in [2.24, 2.45) is 0 Å². The second-order valence-electron chi connectivity index (χ2n) is 9.48. The second-order valence-corrected chi connectivity index (χ2v) is 10.7. The lowest BCUT2D eigenvalue weighted by Gasteiger charge is -2.33. The molecule has 0 saturated carbocycles. The maximum atomic E-state index is 6.56. The van der Waals surface area contributed by atoms with Crippen molar-refractivity contribution in [2.75, 3.05) is 4.90 Å². The summed E-state index contributed by atoms with van der Waals surface area (Å²) in [4.78, 5) is 2.64. The van der Waals surface area contributed by atoms with Gasteiger partial charge in [0.05, 0.1) is 10.9 Å². The van der Waals surface area contributed by atoms with Gasteiger partial charge in [-0.1, -0.05) is 78.9 Å². The number of aryl methyl sites for hydroxylation is 3. The predicted molar refractivity (Wildman–Crippen MR) is 146 cm³/mol. The van der Waals surface area contributed by atoms with Crippen molar-refractivity contribution in [3.8, 4) is 0 Å². The van der Waals surface area contributed by atoms with Crippen molar-refractivity contribution < 1.29 is 4.42 Å². The third-order valence-electron chi connectivity index (χ3n) is 7.30. The van der Waals surface area contributed by atoms with Gasteiger partial charge in [-0.3, -0.25) is 0 Å². The Bertz CT molecular complexity index is 1480. The van der Waals surface area contributed by atoms with Crippen molar-refractivity contribution in [1.82, 2.24) is 0 Å². The van der Waals surface area contributed by atoms with Crippen LogP contribution < -0.4 is 4.90 Å². The number of furan rings is 1. The minimum absolute atomic E-state index is 0.207. The van der Waals surface area contributed by atoms with Crippen molar-refractivity contribution >= 4 is 39.4 Å². The molecule has 1 fully saturated rings. The molecule has 1 saturated heterocycles. The monoisotopic (exact) mass is 463 g/mol. The standard InChI is InChI=1S/C31H29NOS/c1-19-11-10-12-20(2)27(19)31-32(22(4)30(34-31)23-13-6-5-7-14-23)28-21(3)17-18-25-24-15-8-9-16-26(24)33-29(25)28/h5-18,22,30-31H,1-4H3/t22-,30?,31?/m0/s1. The van der Waals surface area contributed by atoms with Gasteiger partial charge in [-0.15, -0.1) is 11.8 Å². The van der Waals surface area contributed by atoms with Gasteiger partial charge in [-0.25, -0.2) is 0 Å². The maximum Gasteiger partial charge on any atom is 0.159 e. The van der Waals surface area contributed by atoms with Crippen molar-refractivity contribution in [1.29, 1.82) is 0 Å². The van der Waals surface area contributed by atoms with Crippen LogP contribution in [0, 0.1) is 20.8 Å². The molecule has 2 nitrogen and oxygen atoms in total. The van der Waals surface area contributed by atoms with Crippen molar-refractivity contribution in [3.05, 3.63) is 113 Å². The van der Waals surface area contributed by atoms with Crippen LogP contribution in [0.3, 0.4) is 0 Å². The van der Waals surface area contributed by atoms with E-state index in [-0.39, 0.29) is 5.37 Å². The SMILES string of the molecule is Cc1cccc(C)c1C1SC(c2ccccc2)[C@H](C)N1c1c(C)ccc2c1oc1ccccc12. The third-order valence-corrected chi connectivity index (χ3v) is 8.98. The molecular formula is C31H29NOS. The van der Waals surface area contributed by atoms with E-state index in [0.29, 0.717) is 11.3 Å². The molecule has 0 amide bonds. The van der Waals surface area contributed by atoms with Crippen molar-refractivity contribution in [3.63, 3.8) is 0 Å². The highest BCUT2D eigenvalue weighted by Crippen LogP contribution is 2.57. The Labute approximate surface area is 205 Å². The fourth-order valence-corrected chi connectivity index (χ4v) is 7.50. The molecule has 5 aromatic rings. The molecule has 6 rings (SSSR count). The van der Waals surface area contributed by atoms with E-state index < -0.39 is 0 Å². The largest absolute Gasteiger partial charge is 0.454 e. The first-order valence-electron chi connectivity index (χ1n) is 12.0. The van der Waals surface area contributed by atoms with E-state index in [0.717, 1.165) is 11.2 Å². The molecular weight excluding hydrogens is 434 g/mol. The first-order chi connectivity index (χ1) is 16.5. The topological polar surface area (TPSA) is 16.4 Å². The molecule has 0 spiro atoms. The van der Waals surface area contributed by atoms with Crippen LogP contribution in [0.1, 0.15) is 45.4 Å². The quantitative estimate of drug-likeness (QED) is 0.266. The molecule has 2 heterocycles. The zero-order valence-corrected chi connectivity index (χ0v) is 20.9. The number of anilines is 1. The summed E-state index contributed by atoms with van der Waals surface area (Å²) in [6.07, 6.45) is 0. The van der Waals surface area contributed by atoms with Gasteiger partial charge < -0.3 is 9.32 Å². The van der Waals surface area contributed by atoms with Crippen LogP contribution in [-0.2, 0) is 0 Å². The first kappa shape index (κ1) is 21.4. The molecule has 3 atom stereocenters. The van der Waals surface area contributed by atoms with Gasteiger partial charge in [0.25, 0.3) is 0 Å². The van der Waals surface area contributed by atoms with Gasteiger partial charge in [0.15, 0.2) is 5.58 Å². The molecule has 170 valence electrons. The van der Waals surface area contributed by atoms with E-state index >= 15 is 0 Å². The Morgan fingerprint density at radius 2 is 1.41 bits per heavy atom. The number of fused-ring (bicyclic) bond motifs is 3. The number of nitrogens with zero attached hydrogens (tertiary/aromatic N) is 1. The third kappa shape index (κ3) is 3.25. The highest BCUT2D eigenvalue weighted by Gasteiger charge is 2.43. The number of hydrogen-bond donors (Lipinski definition) is 0. The summed E-state index contributed by atoms with van der Waals surface area (Å²) in [5.41, 5.74) is 9.92. The first-order valence-corrected chi connectivity index (χ1v) is 12.9. The van der Waals surface area contributed by atoms with Crippen LogP contribution >= 0.6 is 11.8 Å². The number of para-hydroxylation sites is 1. The van der Waals surface area contributed by atoms with E-state index in [1.165, 1.54) is 44.3 Å². The van der Waals surface area contributed by atoms with Gasteiger partial charge in [0.1, 0.15) is 11.0 Å². The summed E-state index contributed by atoms with van der Waals surface area (Å²) in [5, 5.41) is 2.95. The van der Waals surface area contributed by atoms with E-state index in [2.05, 4.69) is 129 Å². The highest BCUT2D eigenvalue weighted by atomic mass is 32.2. The molecule has 0 bridgehead atoms. The molecule has 1 aliphatic rings. The zero-order valence-electron chi connectivity index (χ0n) is 20.1. The van der Waals surface area contributed by atoms with Crippen LogP contribution in [0.25, 0.3) is 21.9 Å². The average Bonchev–Trinajstić information content (AvgIpc) is 3.38. The van der Waals surface area contributed by atoms with Gasteiger partial charge in [0.2, 0.25) is 0 Å². The van der Waals surface area contributed by atoms with Gasteiger partial charge in [-0.05, 0) is 61.6 Å². The fraction of sp³-hybridized carbons (Fsp3) is 0.226. The summed E-state index contributed by atoms with van der Waals surface area (Å²) in [5.74, 6) is 0. The van der Waals surface area contributed by atoms with E-state index in [4.69, 9.17) is 4.42 Å². The van der Waals surface area contributed by atoms with Crippen LogP contribution in [0.15, 0.2) is 89.3 Å². The summed E-state index contributed by atoms with van der Waals surface area (Å²) in [7, 11) is 0. The molecule has 2 unspecified atom stereocenters. The van der Waals surface area contributed by atoms with Gasteiger partial charge >= 0.3 is 0 Å². The Kier molecular flexibility index (Phi) is 5.18. The second kappa shape index (κ2) is 8.25. The fourth-order valence-electron chi connectivity index (χ4n) is 5.62. The predicted octanol–water partition coefficient (Wildman–Crippen LogP) is 8.89. The lowest BCUT2D eigenvalue weighted by molar-refractivity contribution is 0.630. The molecule has 1 aromatic heterocycles. The minimum Gasteiger partial charge on any atom is -0.454 e. The number of hydrogen-bond acceptors (Lipinski definition) is 3. The van der Waals surface area contributed by atoms with Crippen LogP contribution in [0.2, 0.25) is 0 Å². The van der Waals surface area contributed by atoms with E-state index in [1.807, 2.05) is 0 Å². The lowest BCUT2D eigenvalue weighted by Crippen LogP contribution is -2.32. The normalized spacial score (nSPS) is 20.5. The average molecular weight is 464 g/mol. The van der Waals surface area contributed by atoms with Gasteiger partial charge in [0, 0.05) is 16.8 Å². The van der Waals surface area contributed by atoms with Crippen molar-refractivity contribution in [2.45, 2.75) is 44.4 Å². The molecule has 0 radical (unpaired) electrons. The molecule has 0 aliphatic carbocycles. The summed E-state index contributed by atoms with van der Waals surface area (Å²) in [6, 6.07) is 30.8. The Hall–Kier alpha value is -3.17. The van der Waals surface area contributed by atoms with Gasteiger partial charge in [-0.2, -0.15) is 0 Å². The summed E-state index contributed by atoms with van der Waals surface area (Å²) >= 11 is 2.06. The molecule has 0 N–H and O–H groups in total.